The van der Waals surface area contributed by atoms with Crippen LogP contribution in [0.4, 0.5) is 0 Å². The summed E-state index contributed by atoms with van der Waals surface area (Å²) in [5.74, 6) is -0.532. The van der Waals surface area contributed by atoms with Crippen molar-refractivity contribution in [3.05, 3.63) is 0 Å². The minimum atomic E-state index is -4.96. The Balaban J connectivity index is 5.14. The van der Waals surface area contributed by atoms with Crippen molar-refractivity contribution in [2.75, 3.05) is 39.6 Å². The SMILES string of the molecule is CCCCCCCCCCCCCCCCCCC(=O)O[C@H](COC(=O)CCCCCCC)COP(=O)(O)OC[C@H](O)COP(=O)(O)OC[C@@H](COC(=O)CCCCCCCCCCCCCCCC(C)C)OC(=O)CCCCCCCCCCCCCCCCCC(C)C. The van der Waals surface area contributed by atoms with E-state index in [1.54, 1.807) is 0 Å². The van der Waals surface area contributed by atoms with Gasteiger partial charge in [-0.1, -0.05) is 343 Å². The molecular formula is C76H148O17P2. The Morgan fingerprint density at radius 2 is 0.484 bits per heavy atom. The second-order valence-electron chi connectivity index (χ2n) is 28.3. The van der Waals surface area contributed by atoms with Crippen LogP contribution in [-0.2, 0) is 65.4 Å². The first-order valence-electron chi connectivity index (χ1n) is 39.5. The molecule has 0 aromatic rings. The molecule has 0 rings (SSSR count). The molecule has 0 saturated carbocycles. The van der Waals surface area contributed by atoms with Gasteiger partial charge in [-0.25, -0.2) is 9.13 Å². The minimum absolute atomic E-state index is 0.107. The molecule has 0 radical (unpaired) electrons. The average Bonchev–Trinajstić information content (AvgIpc) is 1.49. The van der Waals surface area contributed by atoms with Gasteiger partial charge in [0.1, 0.15) is 19.3 Å². The van der Waals surface area contributed by atoms with Crippen LogP contribution in [0.3, 0.4) is 0 Å². The summed E-state index contributed by atoms with van der Waals surface area (Å²) in [6, 6.07) is 0. The summed E-state index contributed by atoms with van der Waals surface area (Å²) in [4.78, 5) is 72.5. The van der Waals surface area contributed by atoms with E-state index in [1.165, 1.54) is 205 Å². The number of aliphatic hydroxyl groups excluding tert-OH is 1. The van der Waals surface area contributed by atoms with Crippen molar-refractivity contribution in [2.24, 2.45) is 11.8 Å². The number of ether oxygens (including phenoxy) is 4. The second kappa shape index (κ2) is 67.9. The van der Waals surface area contributed by atoms with Crippen molar-refractivity contribution in [2.45, 2.75) is 413 Å². The van der Waals surface area contributed by atoms with Crippen LogP contribution >= 0.6 is 15.6 Å². The van der Waals surface area contributed by atoms with E-state index >= 15 is 0 Å². The van der Waals surface area contributed by atoms with Crippen LogP contribution in [0.5, 0.6) is 0 Å². The van der Waals surface area contributed by atoms with E-state index in [4.69, 9.17) is 37.0 Å². The summed E-state index contributed by atoms with van der Waals surface area (Å²) in [6.45, 7) is 9.56. The molecule has 0 saturated heterocycles. The predicted octanol–water partition coefficient (Wildman–Crippen LogP) is 22.3. The number of phosphoric ester groups is 2. The van der Waals surface area contributed by atoms with Crippen LogP contribution in [-0.4, -0.2) is 96.7 Å². The molecule has 0 aliphatic heterocycles. The lowest BCUT2D eigenvalue weighted by Gasteiger charge is -2.21. The number of unbranched alkanes of at least 4 members (excludes halogenated alkanes) is 45. The third-order valence-corrected chi connectivity index (χ3v) is 19.6. The first-order valence-corrected chi connectivity index (χ1v) is 42.5. The number of carbonyl (C=O) groups is 4. The maximum absolute atomic E-state index is 13.1. The number of hydrogen-bond donors (Lipinski definition) is 3. The van der Waals surface area contributed by atoms with Gasteiger partial charge >= 0.3 is 39.5 Å². The van der Waals surface area contributed by atoms with Gasteiger partial charge in [-0.2, -0.15) is 0 Å². The number of rotatable bonds is 75. The lowest BCUT2D eigenvalue weighted by atomic mass is 10.0. The monoisotopic (exact) mass is 1400 g/mol. The second-order valence-corrected chi connectivity index (χ2v) is 31.3. The van der Waals surface area contributed by atoms with Gasteiger partial charge in [0.05, 0.1) is 26.4 Å². The molecule has 0 aliphatic rings. The largest absolute Gasteiger partial charge is 0.472 e. The van der Waals surface area contributed by atoms with E-state index in [1.807, 2.05) is 0 Å². The molecule has 0 aliphatic carbocycles. The molecule has 2 unspecified atom stereocenters. The number of carbonyl (C=O) groups excluding carboxylic acids is 4. The zero-order chi connectivity index (χ0) is 70.0. The number of esters is 4. The van der Waals surface area contributed by atoms with E-state index in [2.05, 4.69) is 41.5 Å². The zero-order valence-corrected chi connectivity index (χ0v) is 63.8. The maximum atomic E-state index is 13.1. The fourth-order valence-corrected chi connectivity index (χ4v) is 13.2. The van der Waals surface area contributed by atoms with Crippen LogP contribution < -0.4 is 0 Å². The van der Waals surface area contributed by atoms with E-state index in [-0.39, 0.29) is 25.7 Å². The van der Waals surface area contributed by atoms with Crippen molar-refractivity contribution in [1.82, 2.24) is 0 Å². The zero-order valence-electron chi connectivity index (χ0n) is 62.0. The number of hydrogen-bond acceptors (Lipinski definition) is 15. The van der Waals surface area contributed by atoms with Gasteiger partial charge in [0.25, 0.3) is 0 Å². The van der Waals surface area contributed by atoms with Gasteiger partial charge in [0.2, 0.25) is 0 Å². The van der Waals surface area contributed by atoms with Gasteiger partial charge in [-0.05, 0) is 37.5 Å². The Hall–Kier alpha value is -1.94. The Morgan fingerprint density at radius 3 is 0.716 bits per heavy atom. The van der Waals surface area contributed by atoms with Crippen LogP contribution in [0.15, 0.2) is 0 Å². The molecule has 0 aromatic heterocycles. The molecule has 95 heavy (non-hydrogen) atoms. The Morgan fingerprint density at radius 1 is 0.284 bits per heavy atom. The molecule has 0 spiro atoms. The highest BCUT2D eigenvalue weighted by Gasteiger charge is 2.30. The lowest BCUT2D eigenvalue weighted by molar-refractivity contribution is -0.161. The summed E-state index contributed by atoms with van der Waals surface area (Å²) in [7, 11) is -9.90. The molecule has 0 amide bonds. The highest BCUT2D eigenvalue weighted by atomic mass is 31.2. The van der Waals surface area contributed by atoms with Gasteiger partial charge < -0.3 is 33.8 Å². The molecule has 3 N–H and O–H groups in total. The molecule has 564 valence electrons. The van der Waals surface area contributed by atoms with Crippen LogP contribution in [0.25, 0.3) is 0 Å². The summed E-state index contributed by atoms with van der Waals surface area (Å²) >= 11 is 0. The van der Waals surface area contributed by atoms with Crippen LogP contribution in [0.2, 0.25) is 0 Å². The number of phosphoric acid groups is 2. The maximum Gasteiger partial charge on any atom is 0.472 e. The minimum Gasteiger partial charge on any atom is -0.462 e. The van der Waals surface area contributed by atoms with Crippen molar-refractivity contribution in [1.29, 1.82) is 0 Å². The first-order chi connectivity index (χ1) is 45.9. The standard InChI is InChI=1S/C76H148O17P2/c1-7-9-11-13-14-15-16-17-18-21-26-32-37-42-48-54-60-75(80)92-71(64-86-73(78)58-52-44-12-10-8-2)66-90-94(82,83)88-62-70(77)63-89-95(84,85)91-67-72(65-87-74(79)59-53-47-41-36-31-28-23-25-30-35-40-46-51-57-69(5)6)93-76(81)61-55-49-43-38-33-27-22-19-20-24-29-34-39-45-50-56-68(3)4/h68-72,77H,7-67H2,1-6H3,(H,82,83)(H,84,85)/t70-,71+,72+/m0/s1. The van der Waals surface area contributed by atoms with Gasteiger partial charge in [0, 0.05) is 25.7 Å². The summed E-state index contributed by atoms with van der Waals surface area (Å²) in [6.07, 6.45) is 55.8. The van der Waals surface area contributed by atoms with E-state index < -0.39 is 97.5 Å². The van der Waals surface area contributed by atoms with Gasteiger partial charge in [-0.3, -0.25) is 37.3 Å². The topological polar surface area (TPSA) is 237 Å². The average molecular weight is 1400 g/mol. The van der Waals surface area contributed by atoms with Crippen LogP contribution in [0, 0.1) is 11.8 Å². The molecule has 19 heteroatoms. The third kappa shape index (κ3) is 70.3. The third-order valence-electron chi connectivity index (χ3n) is 17.7. The molecule has 0 fully saturated rings. The molecule has 5 atom stereocenters. The fourth-order valence-electron chi connectivity index (χ4n) is 11.7. The summed E-state index contributed by atoms with van der Waals surface area (Å²) in [5.41, 5.74) is 0. The Labute approximate surface area is 581 Å². The quantitative estimate of drug-likeness (QED) is 0.0222. The first kappa shape index (κ1) is 93.1. The van der Waals surface area contributed by atoms with Gasteiger partial charge in [0.15, 0.2) is 12.2 Å². The van der Waals surface area contributed by atoms with E-state index in [9.17, 15) is 43.2 Å². The van der Waals surface area contributed by atoms with Crippen molar-refractivity contribution < 1.29 is 80.2 Å². The van der Waals surface area contributed by atoms with Crippen molar-refractivity contribution >= 4 is 39.5 Å². The predicted molar refractivity (Wildman–Crippen MR) is 386 cm³/mol. The Bertz CT molecular complexity index is 1840. The molecule has 0 heterocycles. The van der Waals surface area contributed by atoms with Crippen molar-refractivity contribution in [3.8, 4) is 0 Å². The van der Waals surface area contributed by atoms with E-state index in [0.717, 1.165) is 108 Å². The molecule has 17 nitrogen and oxygen atoms in total. The molecule has 0 aromatic carbocycles. The lowest BCUT2D eigenvalue weighted by Crippen LogP contribution is -2.30. The normalized spacial score (nSPS) is 14.0. The van der Waals surface area contributed by atoms with E-state index in [0.29, 0.717) is 25.7 Å². The van der Waals surface area contributed by atoms with Crippen LogP contribution in [0.1, 0.15) is 395 Å². The van der Waals surface area contributed by atoms with Crippen molar-refractivity contribution in [3.63, 3.8) is 0 Å². The van der Waals surface area contributed by atoms with Gasteiger partial charge in [-0.15, -0.1) is 0 Å². The number of aliphatic hydroxyl groups is 1. The Kier molecular flexibility index (Phi) is 66.5. The summed E-state index contributed by atoms with van der Waals surface area (Å²) < 4.78 is 68.3. The molecule has 0 bridgehead atoms. The highest BCUT2D eigenvalue weighted by Crippen LogP contribution is 2.45. The fraction of sp³-hybridized carbons (Fsp3) is 0.947. The smallest absolute Gasteiger partial charge is 0.462 e. The highest BCUT2D eigenvalue weighted by molar-refractivity contribution is 7.47. The summed E-state index contributed by atoms with van der Waals surface area (Å²) in [5, 5.41) is 10.6. The molecular weight excluding hydrogens is 1250 g/mol.